The molecule has 2 heterocycles. The fraction of sp³-hybridized carbons (Fsp3) is 0.333. The Morgan fingerprint density at radius 2 is 1.94 bits per heavy atom. The standard InChI is InChI=1S/C27H27N5O/c1-21-4-3-5-23(14-21)16-27(19-28)10-12-31(13-11-27)26(33)15-25-17-30-20-32(25)18-22-6-8-24(29-2)9-7-22/h3-9,14,17,20H,10-13,15-16,18H2,1H3. The van der Waals surface area contributed by atoms with Crippen molar-refractivity contribution in [2.24, 2.45) is 5.41 Å². The van der Waals surface area contributed by atoms with Crippen molar-refractivity contribution in [3.63, 3.8) is 0 Å². The number of carbonyl (C=O) groups excluding carboxylic acids is 1. The van der Waals surface area contributed by atoms with E-state index in [-0.39, 0.29) is 12.3 Å². The molecule has 0 unspecified atom stereocenters. The third-order valence-electron chi connectivity index (χ3n) is 6.48. The van der Waals surface area contributed by atoms with E-state index in [1.807, 2.05) is 27.7 Å². The molecule has 1 fully saturated rings. The van der Waals surface area contributed by atoms with Gasteiger partial charge in [-0.1, -0.05) is 54.1 Å². The van der Waals surface area contributed by atoms with E-state index in [1.54, 1.807) is 24.7 Å². The summed E-state index contributed by atoms with van der Waals surface area (Å²) in [5, 5.41) is 9.93. The molecule has 0 bridgehead atoms. The highest BCUT2D eigenvalue weighted by atomic mass is 16.2. The first-order valence-corrected chi connectivity index (χ1v) is 11.2. The number of aryl methyl sites for hydroxylation is 1. The van der Waals surface area contributed by atoms with Crippen molar-refractivity contribution >= 4 is 11.6 Å². The number of likely N-dealkylation sites (tertiary alicyclic amines) is 1. The number of carbonyl (C=O) groups is 1. The van der Waals surface area contributed by atoms with Crippen LogP contribution in [0.15, 0.2) is 61.1 Å². The Morgan fingerprint density at radius 3 is 2.61 bits per heavy atom. The third kappa shape index (κ3) is 5.30. The average Bonchev–Trinajstić information content (AvgIpc) is 3.26. The molecule has 4 rings (SSSR count). The largest absolute Gasteiger partial charge is 0.342 e. The molecule has 0 aliphatic carbocycles. The molecule has 2 aromatic carbocycles. The van der Waals surface area contributed by atoms with Crippen LogP contribution in [0.5, 0.6) is 0 Å². The number of nitriles is 1. The van der Waals surface area contributed by atoms with Crippen LogP contribution in [-0.2, 0) is 24.2 Å². The van der Waals surface area contributed by atoms with Gasteiger partial charge in [0.15, 0.2) is 5.69 Å². The van der Waals surface area contributed by atoms with Crippen LogP contribution in [0.2, 0.25) is 0 Å². The molecule has 0 atom stereocenters. The molecule has 3 aromatic rings. The lowest BCUT2D eigenvalue weighted by atomic mass is 9.75. The molecular weight excluding hydrogens is 410 g/mol. The molecule has 1 aliphatic rings. The van der Waals surface area contributed by atoms with E-state index in [2.05, 4.69) is 41.0 Å². The lowest BCUT2D eigenvalue weighted by molar-refractivity contribution is -0.132. The van der Waals surface area contributed by atoms with Crippen molar-refractivity contribution in [2.75, 3.05) is 13.1 Å². The second-order valence-electron chi connectivity index (χ2n) is 8.91. The van der Waals surface area contributed by atoms with Gasteiger partial charge in [-0.3, -0.25) is 4.79 Å². The second kappa shape index (κ2) is 9.71. The minimum Gasteiger partial charge on any atom is -0.342 e. The zero-order valence-electron chi connectivity index (χ0n) is 18.9. The summed E-state index contributed by atoms with van der Waals surface area (Å²) in [6.45, 7) is 10.9. The Bertz CT molecular complexity index is 1200. The van der Waals surface area contributed by atoms with E-state index in [1.165, 1.54) is 11.1 Å². The smallest absolute Gasteiger partial charge is 0.228 e. The Kier molecular flexibility index (Phi) is 6.56. The maximum absolute atomic E-state index is 13.0. The SMILES string of the molecule is [C-]#[N+]c1ccc(Cn2cncc2CC(=O)N2CCC(C#N)(Cc3cccc(C)c3)CC2)cc1. The number of hydrogen-bond donors (Lipinski definition) is 0. The number of aromatic nitrogens is 2. The van der Waals surface area contributed by atoms with Crippen molar-refractivity contribution in [3.8, 4) is 6.07 Å². The van der Waals surface area contributed by atoms with Crippen LogP contribution in [0.1, 0.15) is 35.2 Å². The monoisotopic (exact) mass is 437 g/mol. The minimum absolute atomic E-state index is 0.0715. The maximum atomic E-state index is 13.0. The number of nitrogens with zero attached hydrogens (tertiary/aromatic N) is 5. The van der Waals surface area contributed by atoms with Gasteiger partial charge in [-0.25, -0.2) is 9.83 Å². The van der Waals surface area contributed by atoms with Crippen molar-refractivity contribution in [1.29, 1.82) is 5.26 Å². The van der Waals surface area contributed by atoms with E-state index in [9.17, 15) is 10.1 Å². The van der Waals surface area contributed by atoms with Gasteiger partial charge >= 0.3 is 0 Å². The molecule has 6 heteroatoms. The maximum Gasteiger partial charge on any atom is 0.228 e. The number of hydrogen-bond acceptors (Lipinski definition) is 3. The van der Waals surface area contributed by atoms with E-state index in [0.717, 1.165) is 17.7 Å². The van der Waals surface area contributed by atoms with Gasteiger partial charge in [0.2, 0.25) is 5.91 Å². The quantitative estimate of drug-likeness (QED) is 0.525. The number of benzene rings is 2. The van der Waals surface area contributed by atoms with Crippen LogP contribution in [0.4, 0.5) is 5.69 Å². The topological polar surface area (TPSA) is 66.3 Å². The number of amides is 1. The second-order valence-corrected chi connectivity index (χ2v) is 8.91. The molecule has 0 radical (unpaired) electrons. The molecule has 33 heavy (non-hydrogen) atoms. The molecule has 6 nitrogen and oxygen atoms in total. The Morgan fingerprint density at radius 1 is 1.18 bits per heavy atom. The fourth-order valence-corrected chi connectivity index (χ4v) is 4.50. The lowest BCUT2D eigenvalue weighted by Crippen LogP contribution is -2.44. The van der Waals surface area contributed by atoms with Crippen molar-refractivity contribution < 1.29 is 4.79 Å². The van der Waals surface area contributed by atoms with Gasteiger partial charge in [0.25, 0.3) is 0 Å². The molecule has 1 aromatic heterocycles. The van der Waals surface area contributed by atoms with Crippen LogP contribution in [-0.4, -0.2) is 33.4 Å². The van der Waals surface area contributed by atoms with E-state index >= 15 is 0 Å². The van der Waals surface area contributed by atoms with Crippen LogP contribution >= 0.6 is 0 Å². The van der Waals surface area contributed by atoms with E-state index < -0.39 is 5.41 Å². The number of piperidine rings is 1. The molecular formula is C27H27N5O. The molecule has 1 aliphatic heterocycles. The van der Waals surface area contributed by atoms with Gasteiger partial charge in [0, 0.05) is 31.5 Å². The molecule has 1 saturated heterocycles. The van der Waals surface area contributed by atoms with E-state index in [0.29, 0.717) is 38.2 Å². The first-order chi connectivity index (χ1) is 16.0. The predicted octanol–water partition coefficient (Wildman–Crippen LogP) is 4.71. The fourth-order valence-electron chi connectivity index (χ4n) is 4.50. The van der Waals surface area contributed by atoms with Crippen molar-refractivity contribution in [1.82, 2.24) is 14.5 Å². The van der Waals surface area contributed by atoms with Gasteiger partial charge in [-0.15, -0.1) is 0 Å². The highest BCUT2D eigenvalue weighted by molar-refractivity contribution is 5.78. The highest BCUT2D eigenvalue weighted by Crippen LogP contribution is 2.35. The summed E-state index contributed by atoms with van der Waals surface area (Å²) >= 11 is 0. The van der Waals surface area contributed by atoms with E-state index in [4.69, 9.17) is 6.57 Å². The summed E-state index contributed by atoms with van der Waals surface area (Å²) in [5.41, 5.74) is 4.51. The van der Waals surface area contributed by atoms with Crippen molar-refractivity contribution in [2.45, 2.75) is 39.2 Å². The molecule has 0 N–H and O–H groups in total. The lowest BCUT2D eigenvalue weighted by Gasteiger charge is -2.37. The average molecular weight is 438 g/mol. The van der Waals surface area contributed by atoms with Crippen LogP contribution in [0.25, 0.3) is 4.85 Å². The summed E-state index contributed by atoms with van der Waals surface area (Å²) < 4.78 is 1.98. The van der Waals surface area contributed by atoms with Crippen LogP contribution < -0.4 is 0 Å². The Hall–Kier alpha value is -3.90. The normalized spacial score (nSPS) is 14.9. The van der Waals surface area contributed by atoms with Gasteiger partial charge in [-0.2, -0.15) is 5.26 Å². The van der Waals surface area contributed by atoms with Crippen LogP contribution in [0.3, 0.4) is 0 Å². The number of rotatable bonds is 6. The number of imidazole rings is 1. The molecule has 0 saturated carbocycles. The summed E-state index contributed by atoms with van der Waals surface area (Å²) in [5.74, 6) is 0.0715. The highest BCUT2D eigenvalue weighted by Gasteiger charge is 2.36. The van der Waals surface area contributed by atoms with Crippen LogP contribution in [0, 0.1) is 30.2 Å². The Balaban J connectivity index is 1.36. The minimum atomic E-state index is -0.413. The summed E-state index contributed by atoms with van der Waals surface area (Å²) in [7, 11) is 0. The van der Waals surface area contributed by atoms with Gasteiger partial charge in [-0.05, 0) is 37.3 Å². The van der Waals surface area contributed by atoms with Gasteiger partial charge in [0.1, 0.15) is 0 Å². The Labute approximate surface area is 194 Å². The molecule has 0 spiro atoms. The molecule has 166 valence electrons. The summed E-state index contributed by atoms with van der Waals surface area (Å²) in [4.78, 5) is 22.6. The zero-order chi connectivity index (χ0) is 23.3. The molecule has 1 amide bonds. The third-order valence-corrected chi connectivity index (χ3v) is 6.48. The summed E-state index contributed by atoms with van der Waals surface area (Å²) in [6.07, 6.45) is 5.88. The van der Waals surface area contributed by atoms with Crippen molar-refractivity contribution in [3.05, 3.63) is 94.9 Å². The first kappa shape index (κ1) is 22.3. The first-order valence-electron chi connectivity index (χ1n) is 11.2. The predicted molar refractivity (Wildman–Crippen MR) is 126 cm³/mol. The summed E-state index contributed by atoms with van der Waals surface area (Å²) in [6, 6.07) is 18.4. The van der Waals surface area contributed by atoms with Gasteiger partial charge in [0.05, 0.1) is 30.8 Å². The zero-order valence-corrected chi connectivity index (χ0v) is 18.9. The van der Waals surface area contributed by atoms with Gasteiger partial charge < -0.3 is 9.47 Å².